The summed E-state index contributed by atoms with van der Waals surface area (Å²) in [7, 11) is 1.43. The van der Waals surface area contributed by atoms with Crippen LogP contribution >= 0.6 is 11.3 Å². The molecule has 1 saturated heterocycles. The maximum absolute atomic E-state index is 13.5. The smallest absolute Gasteiger partial charge is 0.355 e. The van der Waals surface area contributed by atoms with Crippen molar-refractivity contribution in [2.45, 2.75) is 52.0 Å². The topological polar surface area (TPSA) is 134 Å². The largest absolute Gasteiger partial charge is 0.493 e. The van der Waals surface area contributed by atoms with Crippen LogP contribution in [-0.4, -0.2) is 77.7 Å². The molecule has 0 spiro atoms. The Bertz CT molecular complexity index is 2130. The molecular weight excluding hydrogens is 703 g/mol. The Morgan fingerprint density at radius 2 is 1.74 bits per heavy atom. The van der Waals surface area contributed by atoms with Gasteiger partial charge in [-0.25, -0.2) is 14.8 Å². The van der Waals surface area contributed by atoms with Crippen molar-refractivity contribution in [3.8, 4) is 16.9 Å². The number of benzene rings is 3. The molecule has 7 rings (SSSR count). The van der Waals surface area contributed by atoms with Gasteiger partial charge >= 0.3 is 11.9 Å². The second-order valence-corrected chi connectivity index (χ2v) is 15.0. The van der Waals surface area contributed by atoms with E-state index in [9.17, 15) is 19.5 Å². The molecule has 0 bridgehead atoms. The highest BCUT2D eigenvalue weighted by Gasteiger charge is 2.26. The van der Waals surface area contributed by atoms with Crippen LogP contribution in [-0.2, 0) is 22.5 Å². The maximum atomic E-state index is 13.5. The van der Waals surface area contributed by atoms with E-state index >= 15 is 0 Å². The van der Waals surface area contributed by atoms with Crippen LogP contribution in [0.5, 0.6) is 5.75 Å². The van der Waals surface area contributed by atoms with Crippen LogP contribution in [0.3, 0.4) is 0 Å². The number of unbranched alkanes of at least 4 members (excludes halogenated alkanes) is 1. The lowest BCUT2D eigenvalue weighted by molar-refractivity contribution is -0.142. The number of nitrogens with one attached hydrogen (secondary N) is 1. The molecule has 54 heavy (non-hydrogen) atoms. The maximum Gasteiger partial charge on any atom is 0.355 e. The van der Waals surface area contributed by atoms with Crippen LogP contribution in [0.2, 0.25) is 0 Å². The zero-order valence-electron chi connectivity index (χ0n) is 30.7. The number of piperidine rings is 1. The van der Waals surface area contributed by atoms with Crippen LogP contribution in [0.1, 0.15) is 69.6 Å². The summed E-state index contributed by atoms with van der Waals surface area (Å²) >= 11 is 1.43. The number of thiazole rings is 1. The first-order valence-corrected chi connectivity index (χ1v) is 19.4. The minimum Gasteiger partial charge on any atom is -0.493 e. The molecule has 0 radical (unpaired) electrons. The average Bonchev–Trinajstić information content (AvgIpc) is 3.60. The quantitative estimate of drug-likeness (QED) is 0.0916. The van der Waals surface area contributed by atoms with E-state index < -0.39 is 5.97 Å². The Balaban J connectivity index is 0.992. The third kappa shape index (κ3) is 8.40. The molecule has 3 aromatic carbocycles. The third-order valence-electron chi connectivity index (χ3n) is 10.6. The summed E-state index contributed by atoms with van der Waals surface area (Å²) in [5.41, 5.74) is 5.52. The number of anilines is 2. The van der Waals surface area contributed by atoms with Crippen LogP contribution in [0, 0.1) is 12.8 Å². The number of carbonyl (C=O) groups excluding carboxylic acids is 2. The number of amides is 1. The van der Waals surface area contributed by atoms with Crippen molar-refractivity contribution in [2.75, 3.05) is 50.1 Å². The Kier molecular flexibility index (Phi) is 11.5. The summed E-state index contributed by atoms with van der Waals surface area (Å²) in [6.07, 6.45) is 5.99. The monoisotopic (exact) mass is 747 g/mol. The lowest BCUT2D eigenvalue weighted by Gasteiger charge is -2.31. The number of hydrogen-bond acceptors (Lipinski definition) is 10. The fraction of sp³-hybridized carbons (Fsp3) is 0.357. The third-order valence-corrected chi connectivity index (χ3v) is 11.5. The predicted molar refractivity (Wildman–Crippen MR) is 211 cm³/mol. The molecule has 2 aliphatic rings. The van der Waals surface area contributed by atoms with Crippen LogP contribution in [0.15, 0.2) is 72.8 Å². The van der Waals surface area contributed by atoms with Gasteiger partial charge in [0.2, 0.25) is 0 Å². The Hall–Kier alpha value is -5.33. The number of carboxylic acids is 1. The first kappa shape index (κ1) is 37.0. The molecule has 2 N–H and O–H groups in total. The summed E-state index contributed by atoms with van der Waals surface area (Å²) in [4.78, 5) is 51.2. The van der Waals surface area contributed by atoms with E-state index in [0.717, 1.165) is 83.4 Å². The highest BCUT2D eigenvalue weighted by molar-refractivity contribution is 7.22. The highest BCUT2D eigenvalue weighted by atomic mass is 32.1. The molecule has 5 aromatic rings. The van der Waals surface area contributed by atoms with Gasteiger partial charge in [-0.1, -0.05) is 54.2 Å². The number of likely N-dealkylation sites (tertiary alicyclic amines) is 1. The van der Waals surface area contributed by atoms with Crippen molar-refractivity contribution in [1.29, 1.82) is 0 Å². The number of esters is 1. The summed E-state index contributed by atoms with van der Waals surface area (Å²) in [5, 5.41) is 13.9. The van der Waals surface area contributed by atoms with Gasteiger partial charge in [0, 0.05) is 24.2 Å². The summed E-state index contributed by atoms with van der Waals surface area (Å²) in [5.74, 6) is 0.415. The minimum atomic E-state index is -1.11. The first-order chi connectivity index (χ1) is 26.3. The van der Waals surface area contributed by atoms with Crippen LogP contribution < -0.4 is 15.0 Å². The van der Waals surface area contributed by atoms with E-state index in [-0.39, 0.29) is 17.6 Å². The lowest BCUT2D eigenvalue weighted by atomic mass is 9.91. The second kappa shape index (κ2) is 16.8. The van der Waals surface area contributed by atoms with E-state index in [1.54, 1.807) is 0 Å². The van der Waals surface area contributed by atoms with E-state index in [1.165, 1.54) is 18.4 Å². The molecule has 0 atom stereocenters. The van der Waals surface area contributed by atoms with E-state index in [4.69, 9.17) is 9.47 Å². The molecule has 0 unspecified atom stereocenters. The van der Waals surface area contributed by atoms with Crippen LogP contribution in [0.4, 0.5) is 10.9 Å². The Labute approximate surface area is 318 Å². The molecule has 12 heteroatoms. The van der Waals surface area contributed by atoms with Gasteiger partial charge in [-0.2, -0.15) is 0 Å². The molecule has 4 heterocycles. The molecule has 280 valence electrons. The van der Waals surface area contributed by atoms with E-state index in [0.29, 0.717) is 60.7 Å². The van der Waals surface area contributed by atoms with Crippen molar-refractivity contribution in [1.82, 2.24) is 14.9 Å². The molecule has 11 nitrogen and oxygen atoms in total. The van der Waals surface area contributed by atoms with E-state index in [1.807, 2.05) is 84.6 Å². The number of carbonyl (C=O) groups is 3. The number of hydrogen-bond donors (Lipinski definition) is 2. The van der Waals surface area contributed by atoms with Crippen molar-refractivity contribution in [3.63, 3.8) is 0 Å². The van der Waals surface area contributed by atoms with E-state index in [2.05, 4.69) is 20.2 Å². The van der Waals surface area contributed by atoms with Gasteiger partial charge in [-0.15, -0.1) is 0 Å². The van der Waals surface area contributed by atoms with Crippen molar-refractivity contribution in [3.05, 3.63) is 101 Å². The van der Waals surface area contributed by atoms with Gasteiger partial charge in [-0.3, -0.25) is 19.8 Å². The predicted octanol–water partition coefficient (Wildman–Crippen LogP) is 7.61. The van der Waals surface area contributed by atoms with Gasteiger partial charge < -0.3 is 19.5 Å². The zero-order valence-corrected chi connectivity index (χ0v) is 31.5. The van der Waals surface area contributed by atoms with Crippen molar-refractivity contribution < 1.29 is 29.0 Å². The average molecular weight is 748 g/mol. The minimum absolute atomic E-state index is 0.0296. The van der Waals surface area contributed by atoms with Crippen LogP contribution in [0.25, 0.3) is 21.3 Å². The number of methoxy groups -OCH3 is 1. The zero-order chi connectivity index (χ0) is 37.6. The number of para-hydroxylation sites is 1. The Morgan fingerprint density at radius 1 is 0.926 bits per heavy atom. The number of nitrogens with zero attached hydrogens (tertiary/aromatic N) is 4. The van der Waals surface area contributed by atoms with Crippen molar-refractivity contribution in [2.24, 2.45) is 5.92 Å². The van der Waals surface area contributed by atoms with Crippen molar-refractivity contribution >= 4 is 50.3 Å². The first-order valence-electron chi connectivity index (χ1n) is 18.6. The SMILES string of the molecule is COC(=O)CN1CCC(CCCCOc2cccc(-c3ccc(N4CCc5cccc(C(=O)Nc6nc7ccccc7s6)c5C4)nc3C(=O)O)c2C)CC1. The number of rotatable bonds is 13. The number of aromatic nitrogens is 2. The number of carboxylic acid groups (broad SMARTS) is 1. The van der Waals surface area contributed by atoms with Gasteiger partial charge in [0.1, 0.15) is 11.6 Å². The van der Waals surface area contributed by atoms with Gasteiger partial charge in [-0.05, 0) is 117 Å². The highest BCUT2D eigenvalue weighted by Crippen LogP contribution is 2.35. The van der Waals surface area contributed by atoms with Gasteiger partial charge in [0.05, 0.1) is 30.5 Å². The number of fused-ring (bicyclic) bond motifs is 2. The number of pyridine rings is 1. The fourth-order valence-corrected chi connectivity index (χ4v) is 8.41. The summed E-state index contributed by atoms with van der Waals surface area (Å²) in [6, 6.07) is 23.0. The second-order valence-electron chi connectivity index (χ2n) is 14.0. The molecule has 2 aromatic heterocycles. The number of aromatic carboxylic acids is 1. The Morgan fingerprint density at radius 3 is 2.54 bits per heavy atom. The fourth-order valence-electron chi connectivity index (χ4n) is 7.54. The molecule has 1 fully saturated rings. The standard InChI is InChI=1S/C42H45N5O6S/c1-27-30(11-8-14-35(27)53-24-6-5-9-28-18-21-46(22-19-28)26-38(48)52-2)31-16-17-37(44-39(31)41(50)51)47-23-20-29-10-7-12-32(33(29)25-47)40(49)45-42-43-34-13-3-4-15-36(34)54-42/h3-4,7-8,10-17,28H,5-6,9,18-26H2,1-2H3,(H,50,51)(H,43,45,49). The molecule has 1 amide bonds. The molecular formula is C42H45N5O6S. The molecule has 0 aliphatic carbocycles. The normalized spacial score (nSPS) is 14.8. The number of ether oxygens (including phenoxy) is 2. The summed E-state index contributed by atoms with van der Waals surface area (Å²) in [6.45, 7) is 5.80. The molecule has 2 aliphatic heterocycles. The van der Waals surface area contributed by atoms with Gasteiger partial charge in [0.15, 0.2) is 10.8 Å². The summed E-state index contributed by atoms with van der Waals surface area (Å²) < 4.78 is 12.0. The molecule has 0 saturated carbocycles. The van der Waals surface area contributed by atoms with Gasteiger partial charge in [0.25, 0.3) is 5.91 Å². The lowest BCUT2D eigenvalue weighted by Crippen LogP contribution is -2.37.